The molecule has 0 atom stereocenters. The normalized spacial score (nSPS) is 14.5. The highest BCUT2D eigenvalue weighted by atomic mass is 35.5. The van der Waals surface area contributed by atoms with Crippen molar-refractivity contribution in [2.45, 2.75) is 6.54 Å². The molecular formula is C28H21ClFN3O4S. The van der Waals surface area contributed by atoms with Gasteiger partial charge in [-0.1, -0.05) is 41.9 Å². The van der Waals surface area contributed by atoms with Crippen LogP contribution in [0.1, 0.15) is 5.56 Å². The minimum Gasteiger partial charge on any atom is -0.490 e. The number of hydrogen-bond donors (Lipinski definition) is 1. The van der Waals surface area contributed by atoms with Gasteiger partial charge in [0.1, 0.15) is 24.7 Å². The van der Waals surface area contributed by atoms with E-state index in [1.165, 1.54) is 24.3 Å². The van der Waals surface area contributed by atoms with Gasteiger partial charge in [-0.2, -0.15) is 0 Å². The van der Waals surface area contributed by atoms with Gasteiger partial charge in [-0.25, -0.2) is 4.39 Å². The van der Waals surface area contributed by atoms with Crippen LogP contribution in [-0.4, -0.2) is 39.7 Å². The van der Waals surface area contributed by atoms with Crippen molar-refractivity contribution >= 4 is 63.1 Å². The zero-order valence-electron chi connectivity index (χ0n) is 19.9. The first kappa shape index (κ1) is 25.6. The third kappa shape index (κ3) is 5.58. The van der Waals surface area contributed by atoms with Gasteiger partial charge in [0.25, 0.3) is 11.1 Å². The summed E-state index contributed by atoms with van der Waals surface area (Å²) in [5.74, 6) is -0.606. The fourth-order valence-corrected chi connectivity index (χ4v) is 5.10. The molecule has 1 aromatic heterocycles. The molecule has 5 rings (SSSR count). The molecule has 0 bridgehead atoms. The van der Waals surface area contributed by atoms with Gasteiger partial charge in [-0.15, -0.1) is 0 Å². The fraction of sp³-hybridized carbons (Fsp3) is 0.107. The number of nitrogens with one attached hydrogen (secondary N) is 1. The van der Waals surface area contributed by atoms with E-state index >= 15 is 0 Å². The van der Waals surface area contributed by atoms with Crippen molar-refractivity contribution in [2.75, 3.05) is 18.5 Å². The molecule has 0 aliphatic carbocycles. The molecule has 1 aliphatic rings. The zero-order valence-corrected chi connectivity index (χ0v) is 21.5. The third-order valence-corrected chi connectivity index (χ3v) is 7.05. The Bertz CT molecular complexity index is 1570. The maximum absolute atomic E-state index is 13.2. The lowest BCUT2D eigenvalue weighted by Crippen LogP contribution is -2.32. The molecule has 1 N–H and O–H groups in total. The van der Waals surface area contributed by atoms with Gasteiger partial charge in [-0.05, 0) is 60.3 Å². The van der Waals surface area contributed by atoms with Crippen LogP contribution >= 0.6 is 23.4 Å². The number of ether oxygens (including phenoxy) is 1. The van der Waals surface area contributed by atoms with E-state index in [-0.39, 0.29) is 41.6 Å². The van der Waals surface area contributed by atoms with Gasteiger partial charge in [-0.3, -0.25) is 19.3 Å². The number of aromatic nitrogens is 1. The summed E-state index contributed by atoms with van der Waals surface area (Å²) in [5.41, 5.74) is 1.98. The Balaban J connectivity index is 1.31. The Morgan fingerprint density at radius 1 is 1.03 bits per heavy atom. The molecule has 2 heterocycles. The molecule has 0 unspecified atom stereocenters. The Morgan fingerprint density at radius 3 is 2.55 bits per heavy atom. The van der Waals surface area contributed by atoms with E-state index in [2.05, 4.69) is 5.32 Å². The molecular weight excluding hydrogens is 529 g/mol. The molecule has 3 amide bonds. The molecule has 10 heteroatoms. The van der Waals surface area contributed by atoms with E-state index in [1.54, 1.807) is 41.1 Å². The first-order valence-electron chi connectivity index (χ1n) is 11.6. The summed E-state index contributed by atoms with van der Waals surface area (Å²) in [4.78, 5) is 39.7. The van der Waals surface area contributed by atoms with Crippen LogP contribution in [-0.2, 0) is 16.1 Å². The highest BCUT2D eigenvalue weighted by Gasteiger charge is 2.35. The molecule has 0 saturated carbocycles. The summed E-state index contributed by atoms with van der Waals surface area (Å²) >= 11 is 6.95. The number of fused-ring (bicyclic) bond motifs is 1. The lowest BCUT2D eigenvalue weighted by molar-refractivity contribution is -0.123. The van der Waals surface area contributed by atoms with Gasteiger partial charge in [0, 0.05) is 28.4 Å². The largest absolute Gasteiger partial charge is 0.490 e. The smallest absolute Gasteiger partial charge is 0.293 e. The van der Waals surface area contributed by atoms with Gasteiger partial charge in [0.05, 0.1) is 16.5 Å². The van der Waals surface area contributed by atoms with Gasteiger partial charge >= 0.3 is 0 Å². The topological polar surface area (TPSA) is 80.6 Å². The van der Waals surface area contributed by atoms with Gasteiger partial charge in [0.15, 0.2) is 0 Å². The number of hydrogen-bond acceptors (Lipinski definition) is 5. The summed E-state index contributed by atoms with van der Waals surface area (Å²) in [5, 5.41) is 3.64. The number of amides is 3. The number of carbonyl (C=O) groups is 3. The molecule has 4 aromatic rings. The number of benzene rings is 3. The average Bonchev–Trinajstić information content (AvgIpc) is 3.38. The van der Waals surface area contributed by atoms with Gasteiger partial charge < -0.3 is 14.6 Å². The molecule has 1 saturated heterocycles. The number of thioether (sulfide) groups is 1. The van der Waals surface area contributed by atoms with E-state index in [9.17, 15) is 18.8 Å². The van der Waals surface area contributed by atoms with E-state index in [0.717, 1.165) is 27.6 Å². The SMILES string of the molecule is O=C(Cn1cc(/C=C2\SC(=O)N(CCOc3ccccc3Cl)C2=O)c2ccccc21)Nc1ccc(F)cc1. The molecule has 1 aliphatic heterocycles. The Kier molecular flexibility index (Phi) is 7.48. The third-order valence-electron chi connectivity index (χ3n) is 5.83. The minimum atomic E-state index is -0.409. The highest BCUT2D eigenvalue weighted by molar-refractivity contribution is 8.18. The lowest BCUT2D eigenvalue weighted by atomic mass is 10.1. The Morgan fingerprint density at radius 2 is 1.76 bits per heavy atom. The molecule has 3 aromatic carbocycles. The highest BCUT2D eigenvalue weighted by Crippen LogP contribution is 2.34. The van der Waals surface area contributed by atoms with Crippen LogP contribution in [0, 0.1) is 5.82 Å². The quantitative estimate of drug-likeness (QED) is 0.265. The van der Waals surface area contributed by atoms with Crippen molar-refractivity contribution in [3.8, 4) is 5.75 Å². The summed E-state index contributed by atoms with van der Waals surface area (Å²) in [6, 6.07) is 20.0. The summed E-state index contributed by atoms with van der Waals surface area (Å²) in [7, 11) is 0. The molecule has 38 heavy (non-hydrogen) atoms. The fourth-order valence-electron chi connectivity index (χ4n) is 4.05. The molecule has 1 fully saturated rings. The number of nitrogens with zero attached hydrogens (tertiary/aromatic N) is 2. The van der Waals surface area contributed by atoms with Crippen molar-refractivity contribution in [3.05, 3.63) is 100 Å². The minimum absolute atomic E-state index is 0.00654. The number of anilines is 1. The second-order valence-electron chi connectivity index (χ2n) is 8.40. The molecule has 7 nitrogen and oxygen atoms in total. The van der Waals surface area contributed by atoms with Crippen LogP contribution in [0.25, 0.3) is 17.0 Å². The van der Waals surface area contributed by atoms with Crippen LogP contribution in [0.15, 0.2) is 83.9 Å². The maximum Gasteiger partial charge on any atom is 0.293 e. The van der Waals surface area contributed by atoms with Crippen molar-refractivity contribution in [1.29, 1.82) is 0 Å². The monoisotopic (exact) mass is 549 g/mol. The number of para-hydroxylation sites is 2. The van der Waals surface area contributed by atoms with E-state index in [4.69, 9.17) is 16.3 Å². The second-order valence-corrected chi connectivity index (χ2v) is 9.80. The summed E-state index contributed by atoms with van der Waals surface area (Å²) in [6.45, 7) is 0.197. The predicted molar refractivity (Wildman–Crippen MR) is 147 cm³/mol. The van der Waals surface area contributed by atoms with Crippen LogP contribution in [0.5, 0.6) is 5.75 Å². The molecule has 0 radical (unpaired) electrons. The number of carbonyl (C=O) groups excluding carboxylic acids is 3. The Hall–Kier alpha value is -4.08. The predicted octanol–water partition coefficient (Wildman–Crippen LogP) is 6.19. The van der Waals surface area contributed by atoms with Crippen LogP contribution in [0.4, 0.5) is 14.9 Å². The first-order chi connectivity index (χ1) is 18.4. The Labute approximate surface area is 226 Å². The maximum atomic E-state index is 13.2. The number of rotatable bonds is 8. The van der Waals surface area contributed by atoms with E-state index in [1.807, 2.05) is 24.3 Å². The van der Waals surface area contributed by atoms with Crippen molar-refractivity contribution in [2.24, 2.45) is 0 Å². The van der Waals surface area contributed by atoms with E-state index < -0.39 is 5.91 Å². The number of imide groups is 1. The molecule has 192 valence electrons. The number of halogens is 2. The molecule has 0 spiro atoms. The van der Waals surface area contributed by atoms with Crippen molar-refractivity contribution in [3.63, 3.8) is 0 Å². The lowest BCUT2D eigenvalue weighted by Gasteiger charge is -2.13. The van der Waals surface area contributed by atoms with Gasteiger partial charge in [0.2, 0.25) is 5.91 Å². The average molecular weight is 550 g/mol. The van der Waals surface area contributed by atoms with Crippen LogP contribution in [0.2, 0.25) is 5.02 Å². The van der Waals surface area contributed by atoms with Crippen molar-refractivity contribution < 1.29 is 23.5 Å². The van der Waals surface area contributed by atoms with E-state index in [0.29, 0.717) is 22.0 Å². The van der Waals surface area contributed by atoms with Crippen molar-refractivity contribution in [1.82, 2.24) is 9.47 Å². The second kappa shape index (κ2) is 11.1. The van der Waals surface area contributed by atoms with Crippen LogP contribution < -0.4 is 10.1 Å². The summed E-state index contributed by atoms with van der Waals surface area (Å²) < 4.78 is 20.5. The zero-order chi connectivity index (χ0) is 26.6. The van der Waals surface area contributed by atoms with Crippen LogP contribution in [0.3, 0.4) is 0 Å². The summed E-state index contributed by atoms with van der Waals surface area (Å²) in [6.07, 6.45) is 3.43. The standard InChI is InChI=1S/C28H21ClFN3O4S/c29-22-6-2-4-8-24(22)37-14-13-33-27(35)25(38-28(33)36)15-18-16-32(23-7-3-1-5-21(18)23)17-26(34)31-20-11-9-19(30)10-12-20/h1-12,15-16H,13-14,17H2,(H,31,34)/b25-15-. The first-order valence-corrected chi connectivity index (χ1v) is 12.8.